The standard InChI is InChI=1S/C10H11ClO2/c1-8(12)13-10(11)7-9-5-3-2-4-6-9/h2-6,10H,7H2,1H3. The highest BCUT2D eigenvalue weighted by molar-refractivity contribution is 6.20. The predicted octanol–water partition coefficient (Wildman–Crippen LogP) is 2.36. The van der Waals surface area contributed by atoms with Crippen molar-refractivity contribution >= 4 is 17.6 Å². The number of rotatable bonds is 3. The second-order valence-electron chi connectivity index (χ2n) is 2.71. The third kappa shape index (κ3) is 3.95. The minimum Gasteiger partial charge on any atom is -0.446 e. The van der Waals surface area contributed by atoms with Gasteiger partial charge in [0.1, 0.15) is 0 Å². The van der Waals surface area contributed by atoms with E-state index in [0.29, 0.717) is 6.42 Å². The maximum atomic E-state index is 10.5. The third-order valence-electron chi connectivity index (χ3n) is 1.53. The van der Waals surface area contributed by atoms with Crippen molar-refractivity contribution in [2.75, 3.05) is 0 Å². The maximum Gasteiger partial charge on any atom is 0.304 e. The molecule has 0 aliphatic rings. The molecule has 0 aliphatic carbocycles. The zero-order valence-electron chi connectivity index (χ0n) is 7.37. The van der Waals surface area contributed by atoms with Crippen LogP contribution in [-0.4, -0.2) is 11.5 Å². The molecule has 0 aliphatic heterocycles. The van der Waals surface area contributed by atoms with Crippen molar-refractivity contribution in [3.8, 4) is 0 Å². The average Bonchev–Trinajstić information content (AvgIpc) is 2.04. The molecule has 1 unspecified atom stereocenters. The van der Waals surface area contributed by atoms with Gasteiger partial charge in [-0.2, -0.15) is 0 Å². The van der Waals surface area contributed by atoms with Crippen molar-refractivity contribution < 1.29 is 9.53 Å². The van der Waals surface area contributed by atoms with Crippen molar-refractivity contribution in [3.05, 3.63) is 35.9 Å². The quantitative estimate of drug-likeness (QED) is 0.551. The van der Waals surface area contributed by atoms with Gasteiger partial charge in [-0.1, -0.05) is 41.9 Å². The highest BCUT2D eigenvalue weighted by atomic mass is 35.5. The molecule has 0 heterocycles. The van der Waals surface area contributed by atoms with E-state index in [1.165, 1.54) is 6.92 Å². The summed E-state index contributed by atoms with van der Waals surface area (Å²) in [7, 11) is 0. The van der Waals surface area contributed by atoms with Gasteiger partial charge >= 0.3 is 5.97 Å². The first kappa shape index (κ1) is 10.1. The molecule has 2 nitrogen and oxygen atoms in total. The summed E-state index contributed by atoms with van der Waals surface area (Å²) in [6, 6.07) is 9.66. The molecule has 1 rings (SSSR count). The van der Waals surface area contributed by atoms with Crippen molar-refractivity contribution in [1.29, 1.82) is 0 Å². The smallest absolute Gasteiger partial charge is 0.304 e. The van der Waals surface area contributed by atoms with Gasteiger partial charge in [0, 0.05) is 13.3 Å². The van der Waals surface area contributed by atoms with Gasteiger partial charge in [0.25, 0.3) is 0 Å². The summed E-state index contributed by atoms with van der Waals surface area (Å²) in [5, 5.41) is 0. The minimum absolute atomic E-state index is 0.351. The van der Waals surface area contributed by atoms with Crippen LogP contribution in [0, 0.1) is 0 Å². The molecule has 0 N–H and O–H groups in total. The zero-order valence-corrected chi connectivity index (χ0v) is 8.12. The number of benzene rings is 1. The molecule has 0 amide bonds. The fourth-order valence-electron chi connectivity index (χ4n) is 1.02. The lowest BCUT2D eigenvalue weighted by Gasteiger charge is -2.08. The van der Waals surface area contributed by atoms with Crippen LogP contribution in [0.15, 0.2) is 30.3 Å². The Balaban J connectivity index is 2.45. The molecule has 0 saturated heterocycles. The number of hydrogen-bond donors (Lipinski definition) is 0. The van der Waals surface area contributed by atoms with Gasteiger partial charge in [-0.15, -0.1) is 0 Å². The SMILES string of the molecule is CC(=O)OC(Cl)Cc1ccccc1. The first-order chi connectivity index (χ1) is 6.18. The number of carbonyl (C=O) groups is 1. The second-order valence-corrected chi connectivity index (χ2v) is 3.20. The van der Waals surface area contributed by atoms with E-state index in [9.17, 15) is 4.79 Å². The normalized spacial score (nSPS) is 12.2. The fraction of sp³-hybridized carbons (Fsp3) is 0.300. The molecule has 1 aromatic carbocycles. The molecule has 13 heavy (non-hydrogen) atoms. The number of halogens is 1. The summed E-state index contributed by atoms with van der Waals surface area (Å²) in [5.74, 6) is -0.351. The molecule has 3 heteroatoms. The monoisotopic (exact) mass is 198 g/mol. The summed E-state index contributed by atoms with van der Waals surface area (Å²) in [4.78, 5) is 10.5. The molecule has 0 radical (unpaired) electrons. The largest absolute Gasteiger partial charge is 0.446 e. The van der Waals surface area contributed by atoms with Crippen LogP contribution in [0.3, 0.4) is 0 Å². The van der Waals surface area contributed by atoms with E-state index < -0.39 is 5.56 Å². The maximum absolute atomic E-state index is 10.5. The lowest BCUT2D eigenvalue weighted by atomic mass is 10.2. The van der Waals surface area contributed by atoms with Crippen molar-refractivity contribution in [2.24, 2.45) is 0 Å². The van der Waals surface area contributed by atoms with E-state index in [4.69, 9.17) is 16.3 Å². The molecular weight excluding hydrogens is 188 g/mol. The molecule has 0 aromatic heterocycles. The van der Waals surface area contributed by atoms with E-state index in [1.807, 2.05) is 30.3 Å². The van der Waals surface area contributed by atoms with Gasteiger partial charge in [0.15, 0.2) is 5.56 Å². The topological polar surface area (TPSA) is 26.3 Å². The lowest BCUT2D eigenvalue weighted by Crippen LogP contribution is -2.12. The number of hydrogen-bond acceptors (Lipinski definition) is 2. The molecular formula is C10H11ClO2. The Kier molecular flexibility index (Phi) is 3.77. The van der Waals surface area contributed by atoms with E-state index in [0.717, 1.165) is 5.56 Å². The Hall–Kier alpha value is -1.02. The Morgan fingerprint density at radius 1 is 1.46 bits per heavy atom. The number of esters is 1. The highest BCUT2D eigenvalue weighted by Crippen LogP contribution is 2.09. The van der Waals surface area contributed by atoms with Crippen LogP contribution in [0.5, 0.6) is 0 Å². The summed E-state index contributed by atoms with van der Waals surface area (Å²) in [6.07, 6.45) is 0.544. The van der Waals surface area contributed by atoms with Crippen LogP contribution in [-0.2, 0) is 16.0 Å². The molecule has 0 saturated carbocycles. The molecule has 0 spiro atoms. The zero-order chi connectivity index (χ0) is 9.68. The van der Waals surface area contributed by atoms with Crippen LogP contribution in [0.2, 0.25) is 0 Å². The van der Waals surface area contributed by atoms with Gasteiger partial charge < -0.3 is 4.74 Å². The summed E-state index contributed by atoms with van der Waals surface area (Å²) < 4.78 is 4.78. The predicted molar refractivity (Wildman–Crippen MR) is 51.6 cm³/mol. The average molecular weight is 199 g/mol. The Bertz CT molecular complexity index is 272. The minimum atomic E-state index is -0.570. The Labute approximate surface area is 82.5 Å². The van der Waals surface area contributed by atoms with Gasteiger partial charge in [-0.3, -0.25) is 4.79 Å². The van der Waals surface area contributed by atoms with Crippen LogP contribution in [0.1, 0.15) is 12.5 Å². The van der Waals surface area contributed by atoms with Crippen LogP contribution in [0.4, 0.5) is 0 Å². The van der Waals surface area contributed by atoms with Crippen molar-refractivity contribution in [3.63, 3.8) is 0 Å². The molecule has 1 aromatic rings. The molecule has 70 valence electrons. The summed E-state index contributed by atoms with van der Waals surface area (Å²) in [5.41, 5.74) is 0.489. The lowest BCUT2D eigenvalue weighted by molar-refractivity contribution is -0.142. The first-order valence-electron chi connectivity index (χ1n) is 4.03. The summed E-state index contributed by atoms with van der Waals surface area (Å²) in [6.45, 7) is 1.35. The van der Waals surface area contributed by atoms with Gasteiger partial charge in [0.2, 0.25) is 0 Å². The molecule has 0 fully saturated rings. The molecule has 1 atom stereocenters. The van der Waals surface area contributed by atoms with E-state index in [1.54, 1.807) is 0 Å². The number of carbonyl (C=O) groups excluding carboxylic acids is 1. The first-order valence-corrected chi connectivity index (χ1v) is 4.47. The number of alkyl halides is 1. The van der Waals surface area contributed by atoms with E-state index >= 15 is 0 Å². The Morgan fingerprint density at radius 2 is 2.08 bits per heavy atom. The summed E-state index contributed by atoms with van der Waals surface area (Å²) >= 11 is 5.77. The van der Waals surface area contributed by atoms with Gasteiger partial charge in [0.05, 0.1) is 0 Å². The van der Waals surface area contributed by atoms with E-state index in [-0.39, 0.29) is 5.97 Å². The fourth-order valence-corrected chi connectivity index (χ4v) is 1.32. The van der Waals surface area contributed by atoms with Crippen LogP contribution < -0.4 is 0 Å². The van der Waals surface area contributed by atoms with Crippen molar-refractivity contribution in [1.82, 2.24) is 0 Å². The Morgan fingerprint density at radius 3 is 2.62 bits per heavy atom. The highest BCUT2D eigenvalue weighted by Gasteiger charge is 2.07. The second kappa shape index (κ2) is 4.87. The van der Waals surface area contributed by atoms with Crippen LogP contribution >= 0.6 is 11.6 Å². The van der Waals surface area contributed by atoms with Crippen LogP contribution in [0.25, 0.3) is 0 Å². The molecule has 0 bridgehead atoms. The van der Waals surface area contributed by atoms with Gasteiger partial charge in [-0.05, 0) is 5.56 Å². The van der Waals surface area contributed by atoms with E-state index in [2.05, 4.69) is 0 Å². The third-order valence-corrected chi connectivity index (χ3v) is 1.78. The van der Waals surface area contributed by atoms with Gasteiger partial charge in [-0.25, -0.2) is 0 Å². The van der Waals surface area contributed by atoms with Crippen molar-refractivity contribution in [2.45, 2.75) is 18.9 Å². The number of ether oxygens (including phenoxy) is 1.